The van der Waals surface area contributed by atoms with Crippen molar-refractivity contribution in [3.05, 3.63) is 42.5 Å². The van der Waals surface area contributed by atoms with E-state index in [1.807, 2.05) is 36.4 Å². The Bertz CT molecular complexity index is 730. The number of hydrogen-bond donors (Lipinski definition) is 2. The average molecular weight is 254 g/mol. The van der Waals surface area contributed by atoms with Gasteiger partial charge in [0.25, 0.3) is 0 Å². The van der Waals surface area contributed by atoms with Gasteiger partial charge in [-0.3, -0.25) is 0 Å². The predicted octanol–water partition coefficient (Wildman–Crippen LogP) is 3.27. The highest BCUT2D eigenvalue weighted by Gasteiger charge is 2.11. The Kier molecular flexibility index (Phi) is 2.56. The number of nitrogens with two attached hydrogens (primary N) is 2. The van der Waals surface area contributed by atoms with E-state index in [9.17, 15) is 0 Å². The van der Waals surface area contributed by atoms with Crippen LogP contribution in [0.15, 0.2) is 46.9 Å². The van der Waals surface area contributed by atoms with Gasteiger partial charge in [-0.05, 0) is 36.4 Å². The number of benzene rings is 2. The van der Waals surface area contributed by atoms with Gasteiger partial charge in [-0.25, -0.2) is 0 Å². The zero-order valence-electron chi connectivity index (χ0n) is 10.5. The summed E-state index contributed by atoms with van der Waals surface area (Å²) in [5.74, 6) is 1.40. The Morgan fingerprint density at radius 1 is 0.947 bits per heavy atom. The van der Waals surface area contributed by atoms with Gasteiger partial charge >= 0.3 is 0 Å². The number of ether oxygens (including phenoxy) is 1. The quantitative estimate of drug-likeness (QED) is 0.688. The molecule has 2 aromatic carbocycles. The minimum atomic E-state index is 0.636. The third kappa shape index (κ3) is 1.97. The van der Waals surface area contributed by atoms with Crippen molar-refractivity contribution in [3.63, 3.8) is 0 Å². The number of rotatable bonds is 2. The van der Waals surface area contributed by atoms with E-state index in [1.54, 1.807) is 13.2 Å². The number of hydrogen-bond acceptors (Lipinski definition) is 4. The van der Waals surface area contributed by atoms with E-state index >= 15 is 0 Å². The van der Waals surface area contributed by atoms with Crippen LogP contribution in [0.25, 0.3) is 22.3 Å². The molecule has 0 saturated carbocycles. The summed E-state index contributed by atoms with van der Waals surface area (Å²) in [4.78, 5) is 0. The summed E-state index contributed by atoms with van der Waals surface area (Å²) in [5.41, 5.74) is 14.5. The SMILES string of the molecule is COc1cc(N)cc2cc(-c3ccc(N)cc3)oc12. The largest absolute Gasteiger partial charge is 0.493 e. The van der Waals surface area contributed by atoms with Crippen molar-refractivity contribution in [2.24, 2.45) is 0 Å². The maximum atomic E-state index is 5.85. The van der Waals surface area contributed by atoms with Gasteiger partial charge in [0.2, 0.25) is 0 Å². The highest BCUT2D eigenvalue weighted by molar-refractivity contribution is 5.90. The maximum absolute atomic E-state index is 5.85. The van der Waals surface area contributed by atoms with Crippen LogP contribution in [0.2, 0.25) is 0 Å². The van der Waals surface area contributed by atoms with Crippen LogP contribution in [0.5, 0.6) is 5.75 Å². The number of fused-ring (bicyclic) bond motifs is 1. The van der Waals surface area contributed by atoms with Gasteiger partial charge in [0.05, 0.1) is 7.11 Å². The van der Waals surface area contributed by atoms with Gasteiger partial charge in [-0.2, -0.15) is 0 Å². The van der Waals surface area contributed by atoms with Crippen molar-refractivity contribution in [1.82, 2.24) is 0 Å². The van der Waals surface area contributed by atoms with Crippen molar-refractivity contribution in [2.45, 2.75) is 0 Å². The minimum absolute atomic E-state index is 0.636. The third-order valence-electron chi connectivity index (χ3n) is 3.02. The van der Waals surface area contributed by atoms with Gasteiger partial charge in [0, 0.05) is 28.4 Å². The fraction of sp³-hybridized carbons (Fsp3) is 0.0667. The summed E-state index contributed by atoms with van der Waals surface area (Å²) in [7, 11) is 1.60. The summed E-state index contributed by atoms with van der Waals surface area (Å²) in [5, 5.41) is 0.920. The predicted molar refractivity (Wildman–Crippen MR) is 77.0 cm³/mol. The molecule has 19 heavy (non-hydrogen) atoms. The maximum Gasteiger partial charge on any atom is 0.176 e. The molecule has 0 fully saturated rings. The fourth-order valence-electron chi connectivity index (χ4n) is 2.08. The summed E-state index contributed by atoms with van der Waals surface area (Å²) < 4.78 is 11.1. The summed E-state index contributed by atoms with van der Waals surface area (Å²) in [6, 6.07) is 13.1. The average Bonchev–Trinajstić information content (AvgIpc) is 2.82. The van der Waals surface area contributed by atoms with Crippen LogP contribution in [-0.4, -0.2) is 7.11 Å². The second-order valence-electron chi connectivity index (χ2n) is 4.37. The second kappa shape index (κ2) is 4.24. The lowest BCUT2D eigenvalue weighted by Gasteiger charge is -2.01. The number of methoxy groups -OCH3 is 1. The molecule has 4 heteroatoms. The molecule has 1 aromatic heterocycles. The summed E-state index contributed by atoms with van der Waals surface area (Å²) >= 11 is 0. The number of nitrogen functional groups attached to an aromatic ring is 2. The topological polar surface area (TPSA) is 74.4 Å². The molecule has 0 aliphatic rings. The van der Waals surface area contributed by atoms with Crippen molar-refractivity contribution in [3.8, 4) is 17.1 Å². The van der Waals surface area contributed by atoms with E-state index in [0.717, 1.165) is 22.4 Å². The lowest BCUT2D eigenvalue weighted by molar-refractivity contribution is 0.411. The lowest BCUT2D eigenvalue weighted by Crippen LogP contribution is -1.87. The molecule has 4 nitrogen and oxygen atoms in total. The van der Waals surface area contributed by atoms with Crippen LogP contribution in [0.4, 0.5) is 11.4 Å². The van der Waals surface area contributed by atoms with Gasteiger partial charge in [-0.1, -0.05) is 0 Å². The van der Waals surface area contributed by atoms with E-state index in [-0.39, 0.29) is 0 Å². The third-order valence-corrected chi connectivity index (χ3v) is 3.02. The molecule has 0 unspecified atom stereocenters. The fourth-order valence-corrected chi connectivity index (χ4v) is 2.08. The first-order valence-electron chi connectivity index (χ1n) is 5.90. The Hall–Kier alpha value is -2.62. The van der Waals surface area contributed by atoms with Crippen LogP contribution >= 0.6 is 0 Å². The first-order valence-corrected chi connectivity index (χ1v) is 5.90. The van der Waals surface area contributed by atoms with E-state index in [0.29, 0.717) is 17.0 Å². The Balaban J connectivity index is 2.18. The van der Waals surface area contributed by atoms with Crippen LogP contribution in [-0.2, 0) is 0 Å². The van der Waals surface area contributed by atoms with Crippen molar-refractivity contribution in [2.75, 3.05) is 18.6 Å². The molecule has 0 saturated heterocycles. The Labute approximate surface area is 110 Å². The molecule has 0 bridgehead atoms. The van der Waals surface area contributed by atoms with Crippen molar-refractivity contribution < 1.29 is 9.15 Å². The van der Waals surface area contributed by atoms with E-state index in [1.165, 1.54) is 0 Å². The number of anilines is 2. The molecular formula is C15H14N2O2. The molecule has 0 spiro atoms. The molecule has 0 amide bonds. The first-order chi connectivity index (χ1) is 9.17. The summed E-state index contributed by atoms with van der Waals surface area (Å²) in [6.07, 6.45) is 0. The highest BCUT2D eigenvalue weighted by Crippen LogP contribution is 2.35. The zero-order chi connectivity index (χ0) is 13.4. The van der Waals surface area contributed by atoms with Gasteiger partial charge < -0.3 is 20.6 Å². The molecule has 3 rings (SSSR count). The molecular weight excluding hydrogens is 240 g/mol. The zero-order valence-corrected chi connectivity index (χ0v) is 10.5. The molecule has 0 atom stereocenters. The molecule has 1 heterocycles. The molecule has 0 aliphatic heterocycles. The van der Waals surface area contributed by atoms with E-state index in [4.69, 9.17) is 20.6 Å². The van der Waals surface area contributed by atoms with Crippen LogP contribution in [0.1, 0.15) is 0 Å². The minimum Gasteiger partial charge on any atom is -0.493 e. The van der Waals surface area contributed by atoms with Crippen molar-refractivity contribution in [1.29, 1.82) is 0 Å². The second-order valence-corrected chi connectivity index (χ2v) is 4.37. The lowest BCUT2D eigenvalue weighted by atomic mass is 10.1. The molecule has 0 aliphatic carbocycles. The number of furan rings is 1. The molecule has 0 radical (unpaired) electrons. The smallest absolute Gasteiger partial charge is 0.176 e. The van der Waals surface area contributed by atoms with Gasteiger partial charge in [-0.15, -0.1) is 0 Å². The van der Waals surface area contributed by atoms with Gasteiger partial charge in [0.1, 0.15) is 5.76 Å². The monoisotopic (exact) mass is 254 g/mol. The molecule has 96 valence electrons. The van der Waals surface area contributed by atoms with E-state index < -0.39 is 0 Å². The standard InChI is InChI=1S/C15H14N2O2/c1-18-14-8-12(17)6-10-7-13(19-15(10)14)9-2-4-11(16)5-3-9/h2-8H,16-17H2,1H3. The highest BCUT2D eigenvalue weighted by atomic mass is 16.5. The van der Waals surface area contributed by atoms with Crippen molar-refractivity contribution >= 4 is 22.3 Å². The summed E-state index contributed by atoms with van der Waals surface area (Å²) in [6.45, 7) is 0. The van der Waals surface area contributed by atoms with E-state index in [2.05, 4.69) is 0 Å². The molecule has 4 N–H and O–H groups in total. The first kappa shape index (κ1) is 11.5. The Morgan fingerprint density at radius 2 is 1.68 bits per heavy atom. The van der Waals surface area contributed by atoms with Crippen LogP contribution in [0, 0.1) is 0 Å². The normalized spacial score (nSPS) is 10.8. The molecule has 3 aromatic rings. The van der Waals surface area contributed by atoms with Gasteiger partial charge in [0.15, 0.2) is 11.3 Å². The Morgan fingerprint density at radius 3 is 2.37 bits per heavy atom. The van der Waals surface area contributed by atoms with Crippen LogP contribution < -0.4 is 16.2 Å². The van der Waals surface area contributed by atoms with Crippen LogP contribution in [0.3, 0.4) is 0 Å².